The Morgan fingerprint density at radius 1 is 1.13 bits per heavy atom. The van der Waals surface area contributed by atoms with E-state index in [0.717, 1.165) is 32.1 Å². The number of Topliss-reactive ketones (excluding diaryl/α,β-unsaturated/α-hetero) is 1. The van der Waals surface area contributed by atoms with Gasteiger partial charge in [-0.3, -0.25) is 4.79 Å². The highest BCUT2D eigenvalue weighted by atomic mass is 17.6. The van der Waals surface area contributed by atoms with Crippen LogP contribution in [0.5, 0.6) is 0 Å². The summed E-state index contributed by atoms with van der Waals surface area (Å²) in [5, 5.41) is 14.8. The zero-order valence-electron chi connectivity index (χ0n) is 9.24. The van der Waals surface area contributed by atoms with Gasteiger partial charge in [0.25, 0.3) is 0 Å². The molecule has 0 saturated heterocycles. The normalized spacial score (nSPS) is 10.5. The highest BCUT2D eigenvalue weighted by Crippen LogP contribution is 2.06. The Bertz CT molecular complexity index is 149. The third-order valence-corrected chi connectivity index (χ3v) is 2.16. The molecule has 5 nitrogen and oxygen atoms in total. The summed E-state index contributed by atoms with van der Waals surface area (Å²) in [6.45, 7) is 2.29. The first kappa shape index (κ1) is 14.5. The van der Waals surface area contributed by atoms with E-state index >= 15 is 0 Å². The molecule has 0 radical (unpaired) electrons. The fourth-order valence-corrected chi connectivity index (χ4v) is 1.25. The first-order chi connectivity index (χ1) is 7.31. The Balaban J connectivity index is 2.95. The van der Waals surface area contributed by atoms with Gasteiger partial charge in [0.15, 0.2) is 0 Å². The summed E-state index contributed by atoms with van der Waals surface area (Å²) in [5.74, 6) is 0.340. The summed E-state index contributed by atoms with van der Waals surface area (Å²) >= 11 is 0. The number of carbonyl (C=O) groups excluding carboxylic acids is 1. The van der Waals surface area contributed by atoms with E-state index in [1.807, 2.05) is 6.92 Å². The molecule has 5 heteroatoms. The van der Waals surface area contributed by atoms with Crippen molar-refractivity contribution in [2.24, 2.45) is 0 Å². The predicted octanol–water partition coefficient (Wildman–Crippen LogP) is 2.66. The fraction of sp³-hybridized carbons (Fsp3) is 0.900. The van der Waals surface area contributed by atoms with Gasteiger partial charge in [-0.25, -0.2) is 10.1 Å². The average Bonchev–Trinajstić information content (AvgIpc) is 2.26. The second kappa shape index (κ2) is 11.6. The molecule has 0 aromatic carbocycles. The largest absolute Gasteiger partial charge is 0.300 e. The summed E-state index contributed by atoms with van der Waals surface area (Å²) in [7, 11) is 0. The molecule has 90 valence electrons. The van der Waals surface area contributed by atoms with Gasteiger partial charge in [-0.2, -0.15) is 0 Å². The summed E-state index contributed by atoms with van der Waals surface area (Å²) in [4.78, 5) is 15.4. The monoisotopic (exact) mass is 220 g/mol. The van der Waals surface area contributed by atoms with Crippen molar-refractivity contribution >= 4 is 5.78 Å². The lowest BCUT2D eigenvalue weighted by Gasteiger charge is -2.00. The third kappa shape index (κ3) is 11.4. The molecule has 0 bridgehead atoms. The van der Waals surface area contributed by atoms with Gasteiger partial charge < -0.3 is 0 Å². The number of unbranched alkanes of at least 4 members (excludes halogenated alkanes) is 4. The molecule has 0 aromatic heterocycles. The zero-order valence-corrected chi connectivity index (χ0v) is 9.24. The van der Waals surface area contributed by atoms with Gasteiger partial charge >= 0.3 is 0 Å². The lowest BCUT2D eigenvalue weighted by atomic mass is 10.1. The van der Waals surface area contributed by atoms with Crippen LogP contribution in [0.3, 0.4) is 0 Å². The van der Waals surface area contributed by atoms with Crippen LogP contribution in [0, 0.1) is 0 Å². The van der Waals surface area contributed by atoms with Crippen LogP contribution in [0.25, 0.3) is 0 Å². The van der Waals surface area contributed by atoms with Crippen molar-refractivity contribution in [1.29, 1.82) is 0 Å². The van der Waals surface area contributed by atoms with Crippen molar-refractivity contribution in [2.45, 2.75) is 51.9 Å². The topological polar surface area (TPSA) is 65.0 Å². The lowest BCUT2D eigenvalue weighted by molar-refractivity contribution is -0.623. The second-order valence-electron chi connectivity index (χ2n) is 3.37. The Morgan fingerprint density at radius 3 is 2.47 bits per heavy atom. The van der Waals surface area contributed by atoms with E-state index in [2.05, 4.69) is 15.0 Å². The Labute approximate surface area is 90.1 Å². The molecule has 1 N–H and O–H groups in total. The minimum absolute atomic E-state index is 0.340. The third-order valence-electron chi connectivity index (χ3n) is 2.16. The SMILES string of the molecule is CCC(=O)CCCCCCCOOOO. The summed E-state index contributed by atoms with van der Waals surface area (Å²) < 4.78 is 0. The number of rotatable bonds is 11. The summed E-state index contributed by atoms with van der Waals surface area (Å²) in [6.07, 6.45) is 6.36. The molecule has 0 amide bonds. The van der Waals surface area contributed by atoms with Gasteiger partial charge in [-0.05, 0) is 22.9 Å². The molecule has 0 atom stereocenters. The first-order valence-electron chi connectivity index (χ1n) is 5.42. The van der Waals surface area contributed by atoms with Crippen molar-refractivity contribution in [2.75, 3.05) is 6.61 Å². The molecule has 0 aromatic rings. The molecule has 0 saturated carbocycles. The second-order valence-corrected chi connectivity index (χ2v) is 3.37. The maximum Gasteiger partial charge on any atom is 0.132 e. The minimum Gasteiger partial charge on any atom is -0.300 e. The predicted molar refractivity (Wildman–Crippen MR) is 53.8 cm³/mol. The maximum absolute atomic E-state index is 10.9. The van der Waals surface area contributed by atoms with Crippen LogP contribution in [-0.2, 0) is 19.8 Å². The van der Waals surface area contributed by atoms with Crippen LogP contribution in [0.4, 0.5) is 0 Å². The molecule has 0 rings (SSSR count). The molecule has 0 unspecified atom stereocenters. The molecule has 0 spiro atoms. The fourth-order valence-electron chi connectivity index (χ4n) is 1.25. The molecule has 0 aliphatic rings. The van der Waals surface area contributed by atoms with E-state index in [9.17, 15) is 4.79 Å². The van der Waals surface area contributed by atoms with Crippen molar-refractivity contribution in [3.05, 3.63) is 0 Å². The van der Waals surface area contributed by atoms with Gasteiger partial charge in [-0.15, -0.1) is 0 Å². The maximum atomic E-state index is 10.9. The van der Waals surface area contributed by atoms with Gasteiger partial charge in [0.05, 0.1) is 6.61 Å². The van der Waals surface area contributed by atoms with Gasteiger partial charge in [0, 0.05) is 12.8 Å². The standard InChI is InChI=1S/C10H20O5/c1-2-10(11)8-6-4-3-5-7-9-13-15-14-12/h12H,2-9H2,1H3. The van der Waals surface area contributed by atoms with Crippen LogP contribution < -0.4 is 0 Å². The number of hydrogen-bond acceptors (Lipinski definition) is 5. The molecule has 0 fully saturated rings. The number of hydrogen-bond donors (Lipinski definition) is 1. The Kier molecular flexibility index (Phi) is 11.2. The quantitative estimate of drug-likeness (QED) is 0.329. The van der Waals surface area contributed by atoms with Gasteiger partial charge in [0.2, 0.25) is 0 Å². The van der Waals surface area contributed by atoms with E-state index < -0.39 is 0 Å². The summed E-state index contributed by atoms with van der Waals surface area (Å²) in [5.41, 5.74) is 0. The highest BCUT2D eigenvalue weighted by Gasteiger charge is 1.97. The van der Waals surface area contributed by atoms with Crippen LogP contribution in [0.15, 0.2) is 0 Å². The van der Waals surface area contributed by atoms with E-state index in [-0.39, 0.29) is 0 Å². The van der Waals surface area contributed by atoms with Crippen LogP contribution in [0.2, 0.25) is 0 Å². The van der Waals surface area contributed by atoms with Crippen LogP contribution in [0.1, 0.15) is 51.9 Å². The molecular formula is C10H20O5. The number of ketones is 1. The van der Waals surface area contributed by atoms with Crippen molar-refractivity contribution < 1.29 is 25.0 Å². The van der Waals surface area contributed by atoms with Gasteiger partial charge in [0.1, 0.15) is 5.78 Å². The van der Waals surface area contributed by atoms with Crippen LogP contribution >= 0.6 is 0 Å². The highest BCUT2D eigenvalue weighted by molar-refractivity contribution is 5.77. The average molecular weight is 220 g/mol. The molecule has 0 aliphatic carbocycles. The molecule has 0 aliphatic heterocycles. The van der Waals surface area contributed by atoms with Gasteiger partial charge in [-0.1, -0.05) is 26.2 Å². The van der Waals surface area contributed by atoms with E-state index in [4.69, 9.17) is 5.26 Å². The van der Waals surface area contributed by atoms with E-state index in [1.54, 1.807) is 0 Å². The van der Waals surface area contributed by atoms with E-state index in [1.165, 1.54) is 0 Å². The minimum atomic E-state index is 0.340. The van der Waals surface area contributed by atoms with Crippen LogP contribution in [-0.4, -0.2) is 17.6 Å². The molecule has 0 heterocycles. The summed E-state index contributed by atoms with van der Waals surface area (Å²) in [6, 6.07) is 0. The Hall–Kier alpha value is -0.490. The van der Waals surface area contributed by atoms with Crippen molar-refractivity contribution in [1.82, 2.24) is 0 Å². The van der Waals surface area contributed by atoms with E-state index in [0.29, 0.717) is 25.2 Å². The molecule has 15 heavy (non-hydrogen) atoms. The lowest BCUT2D eigenvalue weighted by Crippen LogP contribution is -1.96. The van der Waals surface area contributed by atoms with Crippen molar-refractivity contribution in [3.63, 3.8) is 0 Å². The smallest absolute Gasteiger partial charge is 0.132 e. The first-order valence-corrected chi connectivity index (χ1v) is 5.42. The Morgan fingerprint density at radius 2 is 1.80 bits per heavy atom. The zero-order chi connectivity index (χ0) is 11.4. The number of carbonyl (C=O) groups is 1. The molecular weight excluding hydrogens is 200 g/mol. The van der Waals surface area contributed by atoms with Crippen molar-refractivity contribution in [3.8, 4) is 0 Å².